The van der Waals surface area contributed by atoms with Crippen LogP contribution in [0.25, 0.3) is 0 Å². The van der Waals surface area contributed by atoms with Crippen molar-refractivity contribution in [3.8, 4) is 0 Å². The van der Waals surface area contributed by atoms with Crippen molar-refractivity contribution in [2.45, 2.75) is 59.2 Å². The molecule has 0 aromatic carbocycles. The molecule has 4 nitrogen and oxygen atoms in total. The second-order valence-corrected chi connectivity index (χ2v) is 5.18. The summed E-state index contributed by atoms with van der Waals surface area (Å²) in [5.41, 5.74) is -1.48. The molecule has 0 saturated carbocycles. The van der Waals surface area contributed by atoms with E-state index in [0.29, 0.717) is 19.6 Å². The van der Waals surface area contributed by atoms with E-state index in [1.807, 2.05) is 0 Å². The van der Waals surface area contributed by atoms with Gasteiger partial charge in [0.2, 0.25) is 0 Å². The van der Waals surface area contributed by atoms with Crippen molar-refractivity contribution in [3.05, 3.63) is 0 Å². The smallest absolute Gasteiger partial charge is 0.160 e. The lowest BCUT2D eigenvalue weighted by atomic mass is 10.1. The van der Waals surface area contributed by atoms with Gasteiger partial charge in [0, 0.05) is 0 Å². The Hall–Kier alpha value is -0.740. The monoisotopic (exact) mass is 244 g/mol. The van der Waals surface area contributed by atoms with Gasteiger partial charge in [-0.2, -0.15) is 0 Å². The zero-order valence-corrected chi connectivity index (χ0v) is 11.8. The number of carbonyl (C=O) groups is 2. The number of carbonyl (C=O) groups excluding carboxylic acids is 2. The van der Waals surface area contributed by atoms with Gasteiger partial charge in [-0.1, -0.05) is 0 Å². The molecular formula is C13H24O4. The number of Topliss-reactive ketones (excluding diaryl/α,β-unsaturated/α-hetero) is 2. The molecule has 0 aliphatic heterocycles. The summed E-state index contributed by atoms with van der Waals surface area (Å²) in [6, 6.07) is 0. The molecule has 0 aromatic heterocycles. The summed E-state index contributed by atoms with van der Waals surface area (Å²) in [7, 11) is 0. The van der Waals surface area contributed by atoms with Gasteiger partial charge >= 0.3 is 0 Å². The molecule has 0 fully saturated rings. The predicted octanol–water partition coefficient (Wildman–Crippen LogP) is 2.14. The molecule has 0 aliphatic rings. The molecular weight excluding hydrogens is 220 g/mol. The maximum absolute atomic E-state index is 11.2. The van der Waals surface area contributed by atoms with Crippen LogP contribution in [0.2, 0.25) is 0 Å². The van der Waals surface area contributed by atoms with Gasteiger partial charge in [0.15, 0.2) is 11.6 Å². The molecule has 0 atom stereocenters. The maximum Gasteiger partial charge on any atom is 0.160 e. The molecule has 0 radical (unpaired) electrons. The van der Waals surface area contributed by atoms with Crippen LogP contribution >= 0.6 is 0 Å². The first-order chi connectivity index (χ1) is 7.59. The summed E-state index contributed by atoms with van der Waals surface area (Å²) in [4.78, 5) is 22.4. The molecule has 0 rings (SSSR count). The first-order valence-electron chi connectivity index (χ1n) is 5.89. The standard InChI is InChI=1S/C13H24O4/c1-10(14)12(3,4)16-8-7-9-17-13(5,6)11(2)15/h7-9H2,1-6H3. The van der Waals surface area contributed by atoms with Crippen LogP contribution in [0, 0.1) is 0 Å². The van der Waals surface area contributed by atoms with Crippen molar-refractivity contribution in [3.63, 3.8) is 0 Å². The molecule has 0 unspecified atom stereocenters. The van der Waals surface area contributed by atoms with Crippen LogP contribution in [0.5, 0.6) is 0 Å². The van der Waals surface area contributed by atoms with Crippen LogP contribution in [-0.4, -0.2) is 36.0 Å². The molecule has 0 aliphatic carbocycles. The van der Waals surface area contributed by atoms with Gasteiger partial charge < -0.3 is 9.47 Å². The van der Waals surface area contributed by atoms with Gasteiger partial charge in [-0.15, -0.1) is 0 Å². The van der Waals surface area contributed by atoms with E-state index < -0.39 is 11.2 Å². The second-order valence-electron chi connectivity index (χ2n) is 5.18. The van der Waals surface area contributed by atoms with Gasteiger partial charge in [0.25, 0.3) is 0 Å². The van der Waals surface area contributed by atoms with E-state index in [0.717, 1.165) is 0 Å². The lowest BCUT2D eigenvalue weighted by molar-refractivity contribution is -0.141. The number of hydrogen-bond acceptors (Lipinski definition) is 4. The van der Waals surface area contributed by atoms with Crippen LogP contribution in [0.1, 0.15) is 48.0 Å². The molecule has 17 heavy (non-hydrogen) atoms. The summed E-state index contributed by atoms with van der Waals surface area (Å²) in [5.74, 6) is 0.00460. The average molecular weight is 244 g/mol. The average Bonchev–Trinajstić information content (AvgIpc) is 2.16. The Balaban J connectivity index is 3.81. The fourth-order valence-corrected chi connectivity index (χ4v) is 0.917. The van der Waals surface area contributed by atoms with Crippen LogP contribution in [0.4, 0.5) is 0 Å². The molecule has 0 bridgehead atoms. The first kappa shape index (κ1) is 16.3. The van der Waals surface area contributed by atoms with Gasteiger partial charge in [0.05, 0.1) is 13.2 Å². The first-order valence-corrected chi connectivity index (χ1v) is 5.89. The number of ether oxygens (including phenoxy) is 2. The number of hydrogen-bond donors (Lipinski definition) is 0. The zero-order chi connectivity index (χ0) is 13.7. The minimum absolute atomic E-state index is 0.00230. The van der Waals surface area contributed by atoms with Crippen LogP contribution in [0.15, 0.2) is 0 Å². The third kappa shape index (κ3) is 5.94. The highest BCUT2D eigenvalue weighted by atomic mass is 16.5. The molecule has 0 saturated heterocycles. The molecule has 0 spiro atoms. The van der Waals surface area contributed by atoms with Gasteiger partial charge in [-0.05, 0) is 48.0 Å². The largest absolute Gasteiger partial charge is 0.368 e. The predicted molar refractivity (Wildman–Crippen MR) is 66.0 cm³/mol. The van der Waals surface area contributed by atoms with Gasteiger partial charge in [-0.3, -0.25) is 9.59 Å². The molecule has 0 heterocycles. The number of ketones is 2. The Morgan fingerprint density at radius 3 is 1.35 bits per heavy atom. The van der Waals surface area contributed by atoms with E-state index in [9.17, 15) is 9.59 Å². The molecule has 0 N–H and O–H groups in total. The van der Waals surface area contributed by atoms with E-state index in [4.69, 9.17) is 9.47 Å². The van der Waals surface area contributed by atoms with Crippen molar-refractivity contribution in [2.75, 3.05) is 13.2 Å². The van der Waals surface area contributed by atoms with E-state index in [1.165, 1.54) is 13.8 Å². The Morgan fingerprint density at radius 1 is 0.824 bits per heavy atom. The maximum atomic E-state index is 11.2. The normalized spacial score (nSPS) is 12.6. The van der Waals surface area contributed by atoms with Crippen LogP contribution in [-0.2, 0) is 19.1 Å². The van der Waals surface area contributed by atoms with Crippen molar-refractivity contribution in [1.29, 1.82) is 0 Å². The quantitative estimate of drug-likeness (QED) is 0.614. The SMILES string of the molecule is CC(=O)C(C)(C)OCCCOC(C)(C)C(C)=O. The molecule has 4 heteroatoms. The molecule has 100 valence electrons. The summed E-state index contributed by atoms with van der Waals surface area (Å²) >= 11 is 0. The van der Waals surface area contributed by atoms with E-state index in [1.54, 1.807) is 27.7 Å². The van der Waals surface area contributed by atoms with Gasteiger partial charge in [-0.25, -0.2) is 0 Å². The van der Waals surface area contributed by atoms with Crippen LogP contribution in [0.3, 0.4) is 0 Å². The summed E-state index contributed by atoms with van der Waals surface area (Å²) in [5, 5.41) is 0. The fourth-order valence-electron chi connectivity index (χ4n) is 0.917. The summed E-state index contributed by atoms with van der Waals surface area (Å²) in [6.45, 7) is 10.9. The lowest BCUT2D eigenvalue weighted by Crippen LogP contribution is -2.35. The second kappa shape index (κ2) is 6.26. The topological polar surface area (TPSA) is 52.6 Å². The summed E-state index contributed by atoms with van der Waals surface area (Å²) in [6.07, 6.45) is 0.660. The molecule has 0 aromatic rings. The fraction of sp³-hybridized carbons (Fsp3) is 0.846. The van der Waals surface area contributed by atoms with E-state index >= 15 is 0 Å². The minimum atomic E-state index is -0.740. The third-order valence-corrected chi connectivity index (χ3v) is 2.91. The van der Waals surface area contributed by atoms with Crippen LogP contribution < -0.4 is 0 Å². The summed E-state index contributed by atoms with van der Waals surface area (Å²) < 4.78 is 10.9. The number of rotatable bonds is 8. The highest BCUT2D eigenvalue weighted by Crippen LogP contribution is 2.13. The Morgan fingerprint density at radius 2 is 1.12 bits per heavy atom. The highest BCUT2D eigenvalue weighted by molar-refractivity contribution is 5.84. The van der Waals surface area contributed by atoms with Crippen molar-refractivity contribution >= 4 is 11.6 Å². The van der Waals surface area contributed by atoms with Crippen molar-refractivity contribution < 1.29 is 19.1 Å². The van der Waals surface area contributed by atoms with Crippen molar-refractivity contribution in [2.24, 2.45) is 0 Å². The van der Waals surface area contributed by atoms with Gasteiger partial charge in [0.1, 0.15) is 11.2 Å². The lowest BCUT2D eigenvalue weighted by Gasteiger charge is -2.24. The zero-order valence-electron chi connectivity index (χ0n) is 11.8. The Bertz CT molecular complexity index is 251. The van der Waals surface area contributed by atoms with E-state index in [-0.39, 0.29) is 11.6 Å². The van der Waals surface area contributed by atoms with Crippen molar-refractivity contribution in [1.82, 2.24) is 0 Å². The third-order valence-electron chi connectivity index (χ3n) is 2.91. The highest BCUT2D eigenvalue weighted by Gasteiger charge is 2.25. The Kier molecular flexibility index (Phi) is 5.99. The van der Waals surface area contributed by atoms with E-state index in [2.05, 4.69) is 0 Å². The Labute approximate surface area is 104 Å². The molecule has 0 amide bonds. The minimum Gasteiger partial charge on any atom is -0.368 e.